The van der Waals surface area contributed by atoms with Crippen LogP contribution in [-0.4, -0.2) is 34.3 Å². The Morgan fingerprint density at radius 3 is 2.32 bits per heavy atom. The van der Waals surface area contributed by atoms with Crippen LogP contribution >= 0.6 is 24.0 Å². The zero-order valence-corrected chi connectivity index (χ0v) is 18.6. The van der Waals surface area contributed by atoms with E-state index in [0.29, 0.717) is 12.5 Å². The molecule has 0 aliphatic carbocycles. The van der Waals surface area contributed by atoms with Crippen LogP contribution in [0.1, 0.15) is 22.9 Å². The van der Waals surface area contributed by atoms with E-state index in [-0.39, 0.29) is 24.0 Å². The van der Waals surface area contributed by atoms with Gasteiger partial charge in [0.25, 0.3) is 0 Å². The normalized spacial score (nSPS) is 12.1. The first-order valence-corrected chi connectivity index (χ1v) is 9.12. The third-order valence-electron chi connectivity index (χ3n) is 4.55. The van der Waals surface area contributed by atoms with Gasteiger partial charge < -0.3 is 15.2 Å². The second-order valence-electron chi connectivity index (χ2n) is 6.46. The predicted octanol–water partition coefficient (Wildman–Crippen LogP) is 3.12. The molecule has 0 saturated carbocycles. The van der Waals surface area contributed by atoms with E-state index in [9.17, 15) is 0 Å². The van der Waals surface area contributed by atoms with Gasteiger partial charge in [-0.25, -0.2) is 0 Å². The fourth-order valence-electron chi connectivity index (χ4n) is 3.00. The Balaban J connectivity index is 0.00000280. The van der Waals surface area contributed by atoms with Crippen LogP contribution in [0, 0.1) is 0 Å². The van der Waals surface area contributed by atoms with Crippen molar-refractivity contribution >= 4 is 29.9 Å². The van der Waals surface area contributed by atoms with E-state index in [1.165, 1.54) is 11.1 Å². The second-order valence-corrected chi connectivity index (χ2v) is 6.46. The van der Waals surface area contributed by atoms with Gasteiger partial charge in [-0.05, 0) is 17.5 Å². The molecule has 7 heteroatoms. The van der Waals surface area contributed by atoms with Gasteiger partial charge >= 0.3 is 0 Å². The third kappa shape index (κ3) is 6.33. The van der Waals surface area contributed by atoms with Gasteiger partial charge in [-0.15, -0.1) is 34.2 Å². The Bertz CT molecular complexity index is 848. The molecule has 0 fully saturated rings. The van der Waals surface area contributed by atoms with Crippen molar-refractivity contribution in [3.63, 3.8) is 0 Å². The van der Waals surface area contributed by atoms with Gasteiger partial charge in [-0.3, -0.25) is 4.99 Å². The standard InChI is InChI=1S/C21H26N6.HI/c1-22-21(24-15-20-26-25-16-27(20)2)23-14-19(18-11-7-4-8-12-18)13-17-9-5-3-6-10-17;/h3-12,16,19H,13-15H2,1-2H3,(H2,22,23,24);1H. The fourth-order valence-corrected chi connectivity index (χ4v) is 3.00. The van der Waals surface area contributed by atoms with Crippen molar-refractivity contribution in [3.05, 3.63) is 83.9 Å². The van der Waals surface area contributed by atoms with Crippen molar-refractivity contribution in [2.75, 3.05) is 13.6 Å². The van der Waals surface area contributed by atoms with Gasteiger partial charge in [0.1, 0.15) is 6.33 Å². The summed E-state index contributed by atoms with van der Waals surface area (Å²) < 4.78 is 1.89. The van der Waals surface area contributed by atoms with E-state index in [1.807, 2.05) is 11.6 Å². The summed E-state index contributed by atoms with van der Waals surface area (Å²) in [5.41, 5.74) is 2.65. The maximum atomic E-state index is 4.33. The van der Waals surface area contributed by atoms with E-state index < -0.39 is 0 Å². The van der Waals surface area contributed by atoms with Crippen molar-refractivity contribution in [1.82, 2.24) is 25.4 Å². The molecule has 0 bridgehead atoms. The summed E-state index contributed by atoms with van der Waals surface area (Å²) in [4.78, 5) is 4.33. The second kappa shape index (κ2) is 11.4. The summed E-state index contributed by atoms with van der Waals surface area (Å²) in [6.07, 6.45) is 2.66. The summed E-state index contributed by atoms with van der Waals surface area (Å²) in [7, 11) is 3.71. The largest absolute Gasteiger partial charge is 0.356 e. The average Bonchev–Trinajstić information content (AvgIpc) is 3.13. The molecule has 0 spiro atoms. The highest BCUT2D eigenvalue weighted by molar-refractivity contribution is 14.0. The zero-order chi connectivity index (χ0) is 18.9. The van der Waals surface area contributed by atoms with Gasteiger partial charge in [-0.2, -0.15) is 0 Å². The van der Waals surface area contributed by atoms with Gasteiger partial charge in [0.15, 0.2) is 11.8 Å². The molecule has 3 aromatic rings. The molecule has 1 heterocycles. The number of aliphatic imine (C=N–C) groups is 1. The molecule has 3 rings (SSSR count). The van der Waals surface area contributed by atoms with Crippen LogP contribution in [0.15, 0.2) is 72.0 Å². The molecule has 148 valence electrons. The summed E-state index contributed by atoms with van der Waals surface area (Å²) in [5.74, 6) is 1.97. The lowest BCUT2D eigenvalue weighted by molar-refractivity contribution is 0.640. The van der Waals surface area contributed by atoms with E-state index in [0.717, 1.165) is 24.7 Å². The van der Waals surface area contributed by atoms with Crippen molar-refractivity contribution in [2.45, 2.75) is 18.9 Å². The molecule has 0 aliphatic heterocycles. The van der Waals surface area contributed by atoms with Crippen molar-refractivity contribution in [2.24, 2.45) is 12.0 Å². The first-order valence-electron chi connectivity index (χ1n) is 9.12. The number of halogens is 1. The van der Waals surface area contributed by atoms with E-state index in [4.69, 9.17) is 0 Å². The Hall–Kier alpha value is -2.42. The minimum atomic E-state index is 0. The molecule has 1 atom stereocenters. The highest BCUT2D eigenvalue weighted by atomic mass is 127. The lowest BCUT2D eigenvalue weighted by atomic mass is 9.92. The molecule has 6 nitrogen and oxygen atoms in total. The summed E-state index contributed by atoms with van der Waals surface area (Å²) in [6, 6.07) is 21.2. The zero-order valence-electron chi connectivity index (χ0n) is 16.2. The number of guanidine groups is 1. The molecular weight excluding hydrogens is 463 g/mol. The topological polar surface area (TPSA) is 67.1 Å². The third-order valence-corrected chi connectivity index (χ3v) is 4.55. The van der Waals surface area contributed by atoms with Crippen LogP contribution < -0.4 is 10.6 Å². The molecule has 0 aliphatic rings. The van der Waals surface area contributed by atoms with Crippen LogP contribution in [0.5, 0.6) is 0 Å². The number of aromatic nitrogens is 3. The summed E-state index contributed by atoms with van der Waals surface area (Å²) in [6.45, 7) is 1.36. The quantitative estimate of drug-likeness (QED) is 0.304. The van der Waals surface area contributed by atoms with E-state index in [2.05, 4.69) is 86.5 Å². The number of rotatable bonds is 7. The molecule has 0 saturated heterocycles. The van der Waals surface area contributed by atoms with Crippen molar-refractivity contribution < 1.29 is 0 Å². The Morgan fingerprint density at radius 1 is 1.04 bits per heavy atom. The van der Waals surface area contributed by atoms with E-state index >= 15 is 0 Å². The Labute approximate surface area is 183 Å². The molecule has 1 unspecified atom stereocenters. The van der Waals surface area contributed by atoms with Crippen LogP contribution in [-0.2, 0) is 20.0 Å². The maximum Gasteiger partial charge on any atom is 0.191 e. The van der Waals surface area contributed by atoms with Crippen LogP contribution in [0.3, 0.4) is 0 Å². The molecule has 0 amide bonds. The predicted molar refractivity (Wildman–Crippen MR) is 124 cm³/mol. The van der Waals surface area contributed by atoms with E-state index in [1.54, 1.807) is 13.4 Å². The summed E-state index contributed by atoms with van der Waals surface area (Å²) in [5, 5.41) is 14.7. The Morgan fingerprint density at radius 2 is 1.71 bits per heavy atom. The molecule has 28 heavy (non-hydrogen) atoms. The molecular formula is C21H27IN6. The number of nitrogens with one attached hydrogen (secondary N) is 2. The highest BCUT2D eigenvalue weighted by Gasteiger charge is 2.13. The highest BCUT2D eigenvalue weighted by Crippen LogP contribution is 2.20. The van der Waals surface area contributed by atoms with Gasteiger partial charge in [0.2, 0.25) is 0 Å². The van der Waals surface area contributed by atoms with Crippen molar-refractivity contribution in [3.8, 4) is 0 Å². The molecule has 2 N–H and O–H groups in total. The minimum Gasteiger partial charge on any atom is -0.356 e. The van der Waals surface area contributed by atoms with Crippen LogP contribution in [0.25, 0.3) is 0 Å². The summed E-state index contributed by atoms with van der Waals surface area (Å²) >= 11 is 0. The average molecular weight is 490 g/mol. The first-order chi connectivity index (χ1) is 13.3. The SMILES string of the molecule is CN=C(NCc1nncn1C)NCC(Cc1ccccc1)c1ccccc1.I. The number of benzene rings is 2. The smallest absolute Gasteiger partial charge is 0.191 e. The van der Waals surface area contributed by atoms with Crippen LogP contribution in [0.4, 0.5) is 0 Å². The molecule has 0 radical (unpaired) electrons. The van der Waals surface area contributed by atoms with Gasteiger partial charge in [0.05, 0.1) is 6.54 Å². The molecule has 2 aromatic carbocycles. The maximum absolute atomic E-state index is 4.33. The van der Waals surface area contributed by atoms with Crippen LogP contribution in [0.2, 0.25) is 0 Å². The Kier molecular flexibility index (Phi) is 8.93. The monoisotopic (exact) mass is 490 g/mol. The first kappa shape index (κ1) is 21.9. The lowest BCUT2D eigenvalue weighted by Crippen LogP contribution is -2.39. The molecule has 1 aromatic heterocycles. The lowest BCUT2D eigenvalue weighted by Gasteiger charge is -2.20. The van der Waals surface area contributed by atoms with Gasteiger partial charge in [0, 0.05) is 26.6 Å². The number of hydrogen-bond acceptors (Lipinski definition) is 3. The minimum absolute atomic E-state index is 0. The van der Waals surface area contributed by atoms with Crippen molar-refractivity contribution in [1.29, 1.82) is 0 Å². The fraction of sp³-hybridized carbons (Fsp3) is 0.286. The number of aryl methyl sites for hydroxylation is 1. The number of nitrogens with zero attached hydrogens (tertiary/aromatic N) is 4. The number of hydrogen-bond donors (Lipinski definition) is 2. The van der Waals surface area contributed by atoms with Gasteiger partial charge in [-0.1, -0.05) is 60.7 Å².